The van der Waals surface area contributed by atoms with Gasteiger partial charge in [0.2, 0.25) is 0 Å². The van der Waals surface area contributed by atoms with Crippen molar-refractivity contribution >= 4 is 0 Å². The first-order chi connectivity index (χ1) is 11.3. The summed E-state index contributed by atoms with van der Waals surface area (Å²) in [5.41, 5.74) is 3.68. The fourth-order valence-electron chi connectivity index (χ4n) is 2.25. The summed E-state index contributed by atoms with van der Waals surface area (Å²) in [6.45, 7) is 4.15. The molecule has 120 valence electrons. The molecule has 0 aliphatic heterocycles. The molecule has 0 fully saturated rings. The van der Waals surface area contributed by atoms with E-state index in [2.05, 4.69) is 12.1 Å². The van der Waals surface area contributed by atoms with Crippen LogP contribution < -0.4 is 4.74 Å². The van der Waals surface area contributed by atoms with Crippen LogP contribution in [0.15, 0.2) is 42.5 Å². The van der Waals surface area contributed by atoms with Crippen molar-refractivity contribution in [2.75, 3.05) is 26.9 Å². The van der Waals surface area contributed by atoms with Gasteiger partial charge in [-0.3, -0.25) is 0 Å². The molecule has 0 bridgehead atoms. The lowest BCUT2D eigenvalue weighted by atomic mass is 10.0. The monoisotopic (exact) mass is 311 g/mol. The highest BCUT2D eigenvalue weighted by Gasteiger charge is 2.06. The zero-order valence-electron chi connectivity index (χ0n) is 13.5. The summed E-state index contributed by atoms with van der Waals surface area (Å²) in [5.74, 6) is 0.623. The first-order valence-corrected chi connectivity index (χ1v) is 7.61. The van der Waals surface area contributed by atoms with Crippen LogP contribution in [0.2, 0.25) is 0 Å². The van der Waals surface area contributed by atoms with E-state index >= 15 is 0 Å². The third-order valence-electron chi connectivity index (χ3n) is 3.36. The molecule has 0 N–H and O–H groups in total. The summed E-state index contributed by atoms with van der Waals surface area (Å²) >= 11 is 0. The van der Waals surface area contributed by atoms with Crippen molar-refractivity contribution in [3.63, 3.8) is 0 Å². The predicted molar refractivity (Wildman–Crippen MR) is 89.3 cm³/mol. The van der Waals surface area contributed by atoms with Crippen molar-refractivity contribution < 1.29 is 14.2 Å². The van der Waals surface area contributed by atoms with Gasteiger partial charge >= 0.3 is 0 Å². The molecule has 0 radical (unpaired) electrons. The average molecular weight is 311 g/mol. The van der Waals surface area contributed by atoms with Crippen molar-refractivity contribution in [3.05, 3.63) is 53.6 Å². The minimum Gasteiger partial charge on any atom is -0.492 e. The number of hydrogen-bond donors (Lipinski definition) is 0. The number of hydrogen-bond acceptors (Lipinski definition) is 4. The Hall–Kier alpha value is -2.35. The predicted octanol–water partition coefficient (Wildman–Crippen LogP) is 3.79. The van der Waals surface area contributed by atoms with Crippen molar-refractivity contribution in [1.29, 1.82) is 5.26 Å². The third kappa shape index (κ3) is 4.82. The smallest absolute Gasteiger partial charge is 0.137 e. The molecule has 23 heavy (non-hydrogen) atoms. The normalized spacial score (nSPS) is 10.3. The second kappa shape index (κ2) is 8.94. The number of benzene rings is 2. The molecular weight excluding hydrogens is 290 g/mol. The molecule has 0 amide bonds. The van der Waals surface area contributed by atoms with Gasteiger partial charge in [-0.25, -0.2) is 0 Å². The highest BCUT2D eigenvalue weighted by atomic mass is 16.5. The number of nitriles is 1. The van der Waals surface area contributed by atoms with Crippen LogP contribution in [0.5, 0.6) is 5.75 Å². The van der Waals surface area contributed by atoms with Gasteiger partial charge in [0.05, 0.1) is 32.0 Å². The number of methoxy groups -OCH3 is 1. The van der Waals surface area contributed by atoms with E-state index in [0.29, 0.717) is 37.7 Å². The molecule has 0 aromatic heterocycles. The van der Waals surface area contributed by atoms with Crippen LogP contribution >= 0.6 is 0 Å². The molecule has 2 aromatic carbocycles. The SMILES string of the molecule is CCOc1ccc(-c2cccc(COCCOC)c2)cc1C#N. The Kier molecular flexibility index (Phi) is 6.61. The maximum atomic E-state index is 9.28. The lowest BCUT2D eigenvalue weighted by Crippen LogP contribution is -2.01. The topological polar surface area (TPSA) is 51.5 Å². The van der Waals surface area contributed by atoms with Crippen LogP contribution in [0.3, 0.4) is 0 Å². The summed E-state index contributed by atoms with van der Waals surface area (Å²) in [7, 11) is 1.66. The molecule has 0 saturated heterocycles. The van der Waals surface area contributed by atoms with Gasteiger partial charge in [0.25, 0.3) is 0 Å². The Morgan fingerprint density at radius 2 is 1.87 bits per heavy atom. The molecular formula is C19H21NO3. The summed E-state index contributed by atoms with van der Waals surface area (Å²) in [6, 6.07) is 16.0. The summed E-state index contributed by atoms with van der Waals surface area (Å²) < 4.78 is 16.0. The van der Waals surface area contributed by atoms with Crippen molar-refractivity contribution in [3.8, 4) is 22.9 Å². The van der Waals surface area contributed by atoms with Gasteiger partial charge in [0.1, 0.15) is 11.8 Å². The van der Waals surface area contributed by atoms with Crippen LogP contribution in [-0.2, 0) is 16.1 Å². The van der Waals surface area contributed by atoms with Gasteiger partial charge in [0, 0.05) is 7.11 Å². The summed E-state index contributed by atoms with van der Waals surface area (Å²) in [4.78, 5) is 0. The van der Waals surface area contributed by atoms with E-state index in [0.717, 1.165) is 16.7 Å². The van der Waals surface area contributed by atoms with E-state index in [9.17, 15) is 5.26 Å². The van der Waals surface area contributed by atoms with E-state index in [1.165, 1.54) is 0 Å². The molecule has 0 aliphatic rings. The van der Waals surface area contributed by atoms with E-state index < -0.39 is 0 Å². The zero-order valence-corrected chi connectivity index (χ0v) is 13.5. The Morgan fingerprint density at radius 1 is 1.04 bits per heavy atom. The second-order valence-electron chi connectivity index (χ2n) is 5.00. The fraction of sp³-hybridized carbons (Fsp3) is 0.316. The van der Waals surface area contributed by atoms with E-state index in [4.69, 9.17) is 14.2 Å². The number of rotatable bonds is 8. The van der Waals surface area contributed by atoms with E-state index in [1.807, 2.05) is 43.3 Å². The van der Waals surface area contributed by atoms with Crippen LogP contribution in [0.4, 0.5) is 0 Å². The maximum Gasteiger partial charge on any atom is 0.137 e. The van der Waals surface area contributed by atoms with Gasteiger partial charge in [-0.05, 0) is 41.8 Å². The van der Waals surface area contributed by atoms with Gasteiger partial charge in [0.15, 0.2) is 0 Å². The Bertz CT molecular complexity index is 677. The number of ether oxygens (including phenoxy) is 3. The molecule has 0 spiro atoms. The molecule has 0 unspecified atom stereocenters. The van der Waals surface area contributed by atoms with Crippen LogP contribution in [0.1, 0.15) is 18.1 Å². The Labute approximate surface area is 137 Å². The fourth-order valence-corrected chi connectivity index (χ4v) is 2.25. The zero-order chi connectivity index (χ0) is 16.5. The molecule has 0 atom stereocenters. The quantitative estimate of drug-likeness (QED) is 0.696. The Morgan fingerprint density at radius 3 is 2.61 bits per heavy atom. The molecule has 0 heterocycles. The molecule has 2 aromatic rings. The highest BCUT2D eigenvalue weighted by molar-refractivity contribution is 5.67. The minimum atomic E-state index is 0.541. The van der Waals surface area contributed by atoms with Crippen molar-refractivity contribution in [1.82, 2.24) is 0 Å². The molecule has 0 saturated carbocycles. The van der Waals surface area contributed by atoms with Crippen LogP contribution in [-0.4, -0.2) is 26.9 Å². The third-order valence-corrected chi connectivity index (χ3v) is 3.36. The van der Waals surface area contributed by atoms with Gasteiger partial charge < -0.3 is 14.2 Å². The second-order valence-corrected chi connectivity index (χ2v) is 5.00. The maximum absolute atomic E-state index is 9.28. The lowest BCUT2D eigenvalue weighted by molar-refractivity contribution is 0.0617. The summed E-state index contributed by atoms with van der Waals surface area (Å²) in [6.07, 6.45) is 0. The highest BCUT2D eigenvalue weighted by Crippen LogP contribution is 2.27. The molecule has 4 heteroatoms. The first kappa shape index (κ1) is 17.0. The Balaban J connectivity index is 2.17. The summed E-state index contributed by atoms with van der Waals surface area (Å²) in [5, 5.41) is 9.28. The largest absolute Gasteiger partial charge is 0.492 e. The van der Waals surface area contributed by atoms with Gasteiger partial charge in [-0.15, -0.1) is 0 Å². The van der Waals surface area contributed by atoms with Crippen molar-refractivity contribution in [2.45, 2.75) is 13.5 Å². The average Bonchev–Trinajstić information content (AvgIpc) is 2.59. The standard InChI is InChI=1S/C19H21NO3/c1-3-23-19-8-7-17(12-18(19)13-20)16-6-4-5-15(11-16)14-22-10-9-21-2/h4-8,11-12H,3,9-10,14H2,1-2H3. The van der Waals surface area contributed by atoms with Gasteiger partial charge in [-0.1, -0.05) is 24.3 Å². The van der Waals surface area contributed by atoms with Crippen LogP contribution in [0, 0.1) is 11.3 Å². The first-order valence-electron chi connectivity index (χ1n) is 7.61. The van der Waals surface area contributed by atoms with Crippen LogP contribution in [0.25, 0.3) is 11.1 Å². The lowest BCUT2D eigenvalue weighted by Gasteiger charge is -2.09. The van der Waals surface area contributed by atoms with Crippen molar-refractivity contribution in [2.24, 2.45) is 0 Å². The van der Waals surface area contributed by atoms with Gasteiger partial charge in [-0.2, -0.15) is 5.26 Å². The molecule has 4 nitrogen and oxygen atoms in total. The number of nitrogens with zero attached hydrogens (tertiary/aromatic N) is 1. The van der Waals surface area contributed by atoms with E-state index in [-0.39, 0.29) is 0 Å². The minimum absolute atomic E-state index is 0.541. The van der Waals surface area contributed by atoms with E-state index in [1.54, 1.807) is 7.11 Å². The molecule has 0 aliphatic carbocycles. The molecule has 2 rings (SSSR count).